The van der Waals surface area contributed by atoms with Gasteiger partial charge in [0.25, 0.3) is 0 Å². The van der Waals surface area contributed by atoms with Gasteiger partial charge in [-0.15, -0.1) is 0 Å². The Morgan fingerprint density at radius 2 is 1.21 bits per heavy atom. The van der Waals surface area contributed by atoms with Gasteiger partial charge in [0.15, 0.2) is 0 Å². The van der Waals surface area contributed by atoms with Crippen LogP contribution in [0.3, 0.4) is 0 Å². The van der Waals surface area contributed by atoms with Crippen LogP contribution < -0.4 is 0 Å². The van der Waals surface area contributed by atoms with Crippen molar-refractivity contribution in [3.8, 4) is 0 Å². The summed E-state index contributed by atoms with van der Waals surface area (Å²) in [5, 5.41) is 5.26. The van der Waals surface area contributed by atoms with E-state index in [-0.39, 0.29) is 0 Å². The predicted molar refractivity (Wildman–Crippen MR) is 82.5 cm³/mol. The van der Waals surface area contributed by atoms with Gasteiger partial charge in [-0.05, 0) is 39.2 Å². The van der Waals surface area contributed by atoms with Gasteiger partial charge in [-0.25, -0.2) is 0 Å². The number of allylic oxidation sites excluding steroid dienone is 4. The first kappa shape index (κ1) is 10.6. The van der Waals surface area contributed by atoms with E-state index >= 15 is 0 Å². The van der Waals surface area contributed by atoms with Gasteiger partial charge in [0.2, 0.25) is 0 Å². The number of rotatable bonds is 1. The normalized spacial score (nSPS) is 14.7. The summed E-state index contributed by atoms with van der Waals surface area (Å²) in [6.45, 7) is 0. The first-order valence-corrected chi connectivity index (χ1v) is 6.68. The third-order valence-corrected chi connectivity index (χ3v) is 3.86. The average Bonchev–Trinajstić information content (AvgIpc) is 2.98. The minimum absolute atomic E-state index is 0.441. The second-order valence-corrected chi connectivity index (χ2v) is 5.10. The van der Waals surface area contributed by atoms with Crippen molar-refractivity contribution >= 4 is 21.5 Å². The van der Waals surface area contributed by atoms with Crippen LogP contribution in [0.5, 0.6) is 0 Å². The molecule has 19 heavy (non-hydrogen) atoms. The van der Waals surface area contributed by atoms with Gasteiger partial charge in [-0.3, -0.25) is 0 Å². The lowest BCUT2D eigenvalue weighted by molar-refractivity contribution is 1.11. The van der Waals surface area contributed by atoms with E-state index < -0.39 is 0 Å². The Morgan fingerprint density at radius 3 is 1.95 bits per heavy atom. The number of hydrogen-bond acceptors (Lipinski definition) is 0. The molecule has 0 aromatic heterocycles. The Morgan fingerprint density at radius 1 is 0.579 bits per heavy atom. The monoisotopic (exact) mass is 242 g/mol. The van der Waals surface area contributed by atoms with E-state index in [2.05, 4.69) is 78.9 Å². The van der Waals surface area contributed by atoms with Crippen molar-refractivity contribution in [1.82, 2.24) is 0 Å². The van der Waals surface area contributed by atoms with Crippen LogP contribution in [0.15, 0.2) is 78.9 Å². The molecular weight excluding hydrogens is 228 g/mol. The van der Waals surface area contributed by atoms with Gasteiger partial charge in [-0.2, -0.15) is 0 Å². The van der Waals surface area contributed by atoms with Gasteiger partial charge in [0.1, 0.15) is 0 Å². The highest BCUT2D eigenvalue weighted by Gasteiger charge is 2.07. The molecule has 0 unspecified atom stereocenters. The first-order valence-electron chi connectivity index (χ1n) is 6.68. The van der Waals surface area contributed by atoms with Gasteiger partial charge in [0, 0.05) is 5.92 Å². The van der Waals surface area contributed by atoms with Crippen LogP contribution in [-0.2, 0) is 0 Å². The molecule has 90 valence electrons. The third-order valence-electron chi connectivity index (χ3n) is 3.86. The summed E-state index contributed by atoms with van der Waals surface area (Å²) >= 11 is 0. The molecule has 0 amide bonds. The SMILES string of the molecule is C1=CC(c2ccc3cc4ccccc4cc3c2)C=C1. The topological polar surface area (TPSA) is 0 Å². The van der Waals surface area contributed by atoms with Gasteiger partial charge in [-0.1, -0.05) is 66.8 Å². The lowest BCUT2D eigenvalue weighted by Gasteiger charge is -2.08. The molecule has 0 atom stereocenters. The predicted octanol–water partition coefficient (Wildman–Crippen LogP) is 5.20. The Balaban J connectivity index is 1.94. The zero-order chi connectivity index (χ0) is 12.7. The van der Waals surface area contributed by atoms with Crippen molar-refractivity contribution in [2.24, 2.45) is 0 Å². The molecule has 0 aliphatic heterocycles. The summed E-state index contributed by atoms with van der Waals surface area (Å²) in [7, 11) is 0. The van der Waals surface area contributed by atoms with Crippen molar-refractivity contribution in [1.29, 1.82) is 0 Å². The largest absolute Gasteiger partial charge is 0.0732 e. The van der Waals surface area contributed by atoms with Gasteiger partial charge < -0.3 is 0 Å². The van der Waals surface area contributed by atoms with E-state index in [0.717, 1.165) is 0 Å². The van der Waals surface area contributed by atoms with Gasteiger partial charge >= 0.3 is 0 Å². The van der Waals surface area contributed by atoms with Crippen molar-refractivity contribution in [3.05, 3.63) is 84.5 Å². The molecule has 0 radical (unpaired) electrons. The van der Waals surface area contributed by atoms with E-state index in [1.807, 2.05) is 0 Å². The smallest absolute Gasteiger partial charge is 0.0205 e. The molecule has 0 saturated heterocycles. The maximum atomic E-state index is 2.31. The molecule has 0 heteroatoms. The average molecular weight is 242 g/mol. The summed E-state index contributed by atoms with van der Waals surface area (Å²) in [6.07, 6.45) is 8.72. The van der Waals surface area contributed by atoms with Crippen LogP contribution in [0.2, 0.25) is 0 Å². The molecule has 1 aliphatic rings. The third kappa shape index (κ3) is 1.77. The Kier molecular flexibility index (Phi) is 2.28. The highest BCUT2D eigenvalue weighted by molar-refractivity contribution is 5.98. The minimum Gasteiger partial charge on any atom is -0.0732 e. The second kappa shape index (κ2) is 4.10. The van der Waals surface area contributed by atoms with Crippen LogP contribution >= 0.6 is 0 Å². The second-order valence-electron chi connectivity index (χ2n) is 5.10. The highest BCUT2D eigenvalue weighted by atomic mass is 14.1. The van der Waals surface area contributed by atoms with Crippen molar-refractivity contribution in [3.63, 3.8) is 0 Å². The minimum atomic E-state index is 0.441. The molecule has 0 heterocycles. The summed E-state index contributed by atoms with van der Waals surface area (Å²) in [5.74, 6) is 0.441. The fourth-order valence-corrected chi connectivity index (χ4v) is 2.82. The fourth-order valence-electron chi connectivity index (χ4n) is 2.82. The lowest BCUT2D eigenvalue weighted by atomic mass is 9.96. The summed E-state index contributed by atoms with van der Waals surface area (Å²) in [6, 6.07) is 19.9. The van der Waals surface area contributed by atoms with E-state index in [9.17, 15) is 0 Å². The molecule has 0 nitrogen and oxygen atoms in total. The quantitative estimate of drug-likeness (QED) is 0.514. The van der Waals surface area contributed by atoms with E-state index in [4.69, 9.17) is 0 Å². The molecule has 3 aromatic rings. The molecule has 1 aliphatic carbocycles. The molecule has 3 aromatic carbocycles. The number of benzene rings is 3. The van der Waals surface area contributed by atoms with E-state index in [1.54, 1.807) is 0 Å². The Hall–Kier alpha value is -2.34. The molecule has 0 bridgehead atoms. The number of fused-ring (bicyclic) bond motifs is 2. The van der Waals surface area contributed by atoms with E-state index in [1.165, 1.54) is 27.1 Å². The lowest BCUT2D eigenvalue weighted by Crippen LogP contribution is -1.88. The van der Waals surface area contributed by atoms with Crippen LogP contribution in [0.25, 0.3) is 21.5 Å². The Labute approximate surface area is 112 Å². The standard InChI is InChI=1S/C19H14/c1-2-6-14(5-1)17-9-10-18-11-15-7-3-4-8-16(15)12-19(18)13-17/h1-14H. The summed E-state index contributed by atoms with van der Waals surface area (Å²) < 4.78 is 0. The van der Waals surface area contributed by atoms with Gasteiger partial charge in [0.05, 0.1) is 0 Å². The number of hydrogen-bond donors (Lipinski definition) is 0. The summed E-state index contributed by atoms with van der Waals surface area (Å²) in [5.41, 5.74) is 1.37. The van der Waals surface area contributed by atoms with Crippen LogP contribution in [0.4, 0.5) is 0 Å². The van der Waals surface area contributed by atoms with E-state index in [0.29, 0.717) is 5.92 Å². The molecule has 0 fully saturated rings. The maximum absolute atomic E-state index is 2.31. The fraction of sp³-hybridized carbons (Fsp3) is 0.0526. The maximum Gasteiger partial charge on any atom is 0.0205 e. The zero-order valence-corrected chi connectivity index (χ0v) is 10.6. The van der Waals surface area contributed by atoms with Crippen LogP contribution in [0, 0.1) is 0 Å². The molecule has 0 spiro atoms. The molecule has 4 rings (SSSR count). The van der Waals surface area contributed by atoms with Crippen molar-refractivity contribution in [2.45, 2.75) is 5.92 Å². The van der Waals surface area contributed by atoms with Crippen LogP contribution in [0.1, 0.15) is 11.5 Å². The zero-order valence-electron chi connectivity index (χ0n) is 10.6. The first-order chi connectivity index (χ1) is 9.40. The molecule has 0 N–H and O–H groups in total. The molecular formula is C19H14. The molecule has 0 saturated carbocycles. The Bertz CT molecular complexity index is 810. The van der Waals surface area contributed by atoms with Crippen molar-refractivity contribution in [2.75, 3.05) is 0 Å². The highest BCUT2D eigenvalue weighted by Crippen LogP contribution is 2.28. The van der Waals surface area contributed by atoms with Crippen LogP contribution in [-0.4, -0.2) is 0 Å². The summed E-state index contributed by atoms with van der Waals surface area (Å²) in [4.78, 5) is 0. The van der Waals surface area contributed by atoms with Crippen molar-refractivity contribution < 1.29 is 0 Å².